The molecule has 1 saturated heterocycles. The lowest BCUT2D eigenvalue weighted by atomic mass is 9.90. The summed E-state index contributed by atoms with van der Waals surface area (Å²) in [7, 11) is 0. The van der Waals surface area contributed by atoms with E-state index in [1.165, 1.54) is 5.56 Å². The minimum atomic E-state index is -0.428. The Morgan fingerprint density at radius 1 is 1.08 bits per heavy atom. The second kappa shape index (κ2) is 14.3. The zero-order chi connectivity index (χ0) is 27.5. The Morgan fingerprint density at radius 3 is 2.62 bits per heavy atom. The van der Waals surface area contributed by atoms with Gasteiger partial charge in [0.15, 0.2) is 6.61 Å². The van der Waals surface area contributed by atoms with Crippen LogP contribution in [0.1, 0.15) is 59.2 Å². The number of ether oxygens (including phenoxy) is 1. The molecule has 2 aromatic carbocycles. The van der Waals surface area contributed by atoms with E-state index in [4.69, 9.17) is 9.57 Å². The largest absolute Gasteiger partial charge is 0.508 e. The van der Waals surface area contributed by atoms with Gasteiger partial charge in [-0.05, 0) is 86.3 Å². The van der Waals surface area contributed by atoms with Gasteiger partial charge < -0.3 is 19.6 Å². The van der Waals surface area contributed by atoms with Gasteiger partial charge in [-0.3, -0.25) is 4.79 Å². The van der Waals surface area contributed by atoms with Crippen LogP contribution in [0.3, 0.4) is 0 Å². The summed E-state index contributed by atoms with van der Waals surface area (Å²) in [6.07, 6.45) is 13.5. The van der Waals surface area contributed by atoms with Gasteiger partial charge in [0.2, 0.25) is 0 Å². The van der Waals surface area contributed by atoms with Crippen molar-refractivity contribution in [1.29, 1.82) is 0 Å². The van der Waals surface area contributed by atoms with Gasteiger partial charge in [-0.1, -0.05) is 53.7 Å². The molecule has 0 aromatic heterocycles. The molecule has 1 fully saturated rings. The second-order valence-corrected chi connectivity index (χ2v) is 10.2. The smallest absolute Gasteiger partial charge is 0.338 e. The topological polar surface area (TPSA) is 88.4 Å². The average Bonchev–Trinajstić information content (AvgIpc) is 2.92. The number of aromatic hydroxyl groups is 1. The van der Waals surface area contributed by atoms with Crippen molar-refractivity contribution in [3.8, 4) is 5.75 Å². The molecule has 2 aliphatic rings. The van der Waals surface area contributed by atoms with Crippen molar-refractivity contribution < 1.29 is 24.3 Å². The van der Waals surface area contributed by atoms with Crippen LogP contribution in [0, 0.1) is 12.8 Å². The van der Waals surface area contributed by atoms with Gasteiger partial charge in [0.25, 0.3) is 5.91 Å². The molecule has 0 saturated carbocycles. The Kier molecular flexibility index (Phi) is 10.3. The number of rotatable bonds is 5. The molecule has 4 rings (SSSR count). The Bertz CT molecular complexity index is 1210. The van der Waals surface area contributed by atoms with Crippen LogP contribution in [0.5, 0.6) is 5.75 Å². The van der Waals surface area contributed by atoms with Crippen LogP contribution in [-0.2, 0) is 27.2 Å². The highest BCUT2D eigenvalue weighted by Crippen LogP contribution is 2.24. The molecule has 1 N–H and O–H groups in total. The van der Waals surface area contributed by atoms with E-state index in [-0.39, 0.29) is 24.7 Å². The van der Waals surface area contributed by atoms with E-state index in [0.717, 1.165) is 45.2 Å². The van der Waals surface area contributed by atoms with Crippen LogP contribution in [0.4, 0.5) is 0 Å². The van der Waals surface area contributed by atoms with E-state index in [1.807, 2.05) is 29.2 Å². The van der Waals surface area contributed by atoms with Crippen molar-refractivity contribution in [1.82, 2.24) is 4.90 Å². The van der Waals surface area contributed by atoms with E-state index >= 15 is 0 Å². The van der Waals surface area contributed by atoms with Crippen molar-refractivity contribution >= 4 is 17.6 Å². The Hall–Kier alpha value is -3.87. The quantitative estimate of drug-likeness (QED) is 0.311. The number of likely N-dealkylation sites (tertiary alicyclic amines) is 1. The molecule has 1 amide bonds. The second-order valence-electron chi connectivity index (χ2n) is 10.2. The highest BCUT2D eigenvalue weighted by atomic mass is 16.6. The fourth-order valence-corrected chi connectivity index (χ4v) is 5.12. The monoisotopic (exact) mass is 530 g/mol. The number of piperidine rings is 1. The number of phenols is 1. The van der Waals surface area contributed by atoms with Crippen LogP contribution >= 0.6 is 0 Å². The van der Waals surface area contributed by atoms with E-state index in [0.29, 0.717) is 41.3 Å². The molecule has 39 heavy (non-hydrogen) atoms. The number of esters is 1. The van der Waals surface area contributed by atoms with Crippen LogP contribution in [0.25, 0.3) is 0 Å². The van der Waals surface area contributed by atoms with E-state index in [2.05, 4.69) is 35.5 Å². The highest BCUT2D eigenvalue weighted by Gasteiger charge is 2.23. The maximum atomic E-state index is 12.9. The van der Waals surface area contributed by atoms with Crippen LogP contribution in [-0.4, -0.2) is 53.9 Å². The summed E-state index contributed by atoms with van der Waals surface area (Å²) in [4.78, 5) is 33.1. The molecule has 2 aliphatic heterocycles. The van der Waals surface area contributed by atoms with Crippen molar-refractivity contribution in [2.75, 3.05) is 26.3 Å². The Labute approximate surface area is 230 Å². The summed E-state index contributed by atoms with van der Waals surface area (Å²) in [5.41, 5.74) is 3.55. The fourth-order valence-electron chi connectivity index (χ4n) is 5.12. The number of phenolic OH excluding ortho intramolecular Hbond substituents is 1. The van der Waals surface area contributed by atoms with Crippen LogP contribution < -0.4 is 0 Å². The van der Waals surface area contributed by atoms with Gasteiger partial charge in [-0.25, -0.2) is 4.79 Å². The highest BCUT2D eigenvalue weighted by molar-refractivity contribution is 6.00. The number of fused-ring (bicyclic) bond motifs is 1. The molecule has 7 heteroatoms. The van der Waals surface area contributed by atoms with Gasteiger partial charge in [-0.15, -0.1) is 0 Å². The summed E-state index contributed by atoms with van der Waals surface area (Å²) in [5, 5.41) is 14.5. The first-order chi connectivity index (χ1) is 19.0. The van der Waals surface area contributed by atoms with Crippen molar-refractivity contribution in [2.45, 2.75) is 51.9 Å². The normalized spacial score (nSPS) is 20.0. The molecular weight excluding hydrogens is 492 g/mol. The number of nitrogens with zero attached hydrogens (tertiary/aromatic N) is 2. The van der Waals surface area contributed by atoms with Crippen molar-refractivity contribution in [2.24, 2.45) is 11.1 Å². The molecule has 0 atom stereocenters. The molecule has 0 aliphatic carbocycles. The zero-order valence-corrected chi connectivity index (χ0v) is 22.7. The molecule has 2 aromatic rings. The molecule has 0 unspecified atom stereocenters. The number of allylic oxidation sites excluding steroid dienone is 3. The van der Waals surface area contributed by atoms with Crippen LogP contribution in [0.2, 0.25) is 0 Å². The van der Waals surface area contributed by atoms with Gasteiger partial charge in [0, 0.05) is 19.5 Å². The molecule has 206 valence electrons. The summed E-state index contributed by atoms with van der Waals surface area (Å²) >= 11 is 0. The number of hydrogen-bond acceptors (Lipinski definition) is 6. The molecule has 2 heterocycles. The molecular formula is C32H38N2O5. The molecule has 0 bridgehead atoms. The number of benzene rings is 2. The lowest BCUT2D eigenvalue weighted by molar-refractivity contribution is -0.137. The number of carbonyl (C=O) groups is 2. The molecule has 0 radical (unpaired) electrons. The van der Waals surface area contributed by atoms with Gasteiger partial charge in [-0.2, -0.15) is 0 Å². The number of amides is 1. The molecule has 7 nitrogen and oxygen atoms in total. The van der Waals surface area contributed by atoms with Gasteiger partial charge in [0.1, 0.15) is 5.75 Å². The summed E-state index contributed by atoms with van der Waals surface area (Å²) in [6, 6.07) is 13.6. The Balaban J connectivity index is 1.39. The third-order valence-corrected chi connectivity index (χ3v) is 7.18. The predicted molar refractivity (Wildman–Crippen MR) is 152 cm³/mol. The first-order valence-corrected chi connectivity index (χ1v) is 13.8. The van der Waals surface area contributed by atoms with Crippen molar-refractivity contribution in [3.63, 3.8) is 0 Å². The summed E-state index contributed by atoms with van der Waals surface area (Å²) in [5.74, 6) is 0.139. The minimum Gasteiger partial charge on any atom is -0.508 e. The Morgan fingerprint density at radius 2 is 1.82 bits per heavy atom. The minimum absolute atomic E-state index is 0.0678. The number of hydrogen-bond donors (Lipinski definition) is 1. The SMILES string of the molecule is Cc1cc(O)cc2c1C(=O)OCC/C=C/CC/C=C/C(=N\OCC(=O)N1CCC(Cc3ccccc3)CC1)C2. The van der Waals surface area contributed by atoms with Crippen LogP contribution in [0.15, 0.2) is 71.9 Å². The van der Waals surface area contributed by atoms with E-state index in [9.17, 15) is 14.7 Å². The maximum absolute atomic E-state index is 12.9. The molecule has 0 spiro atoms. The average molecular weight is 531 g/mol. The van der Waals surface area contributed by atoms with Gasteiger partial charge in [0.05, 0.1) is 17.9 Å². The number of cyclic esters (lactones) is 1. The summed E-state index contributed by atoms with van der Waals surface area (Å²) < 4.78 is 5.48. The first-order valence-electron chi connectivity index (χ1n) is 13.8. The van der Waals surface area contributed by atoms with Gasteiger partial charge >= 0.3 is 5.97 Å². The van der Waals surface area contributed by atoms with E-state index < -0.39 is 5.97 Å². The first kappa shape index (κ1) is 28.1. The lowest BCUT2D eigenvalue weighted by Gasteiger charge is -2.31. The lowest BCUT2D eigenvalue weighted by Crippen LogP contribution is -2.40. The third-order valence-electron chi connectivity index (χ3n) is 7.18. The number of aryl methyl sites for hydroxylation is 1. The fraction of sp³-hybridized carbons (Fsp3) is 0.406. The standard InChI is InChI=1S/C32H38N2O5/c1-24-19-29(35)22-27-21-28(13-9-4-2-3-5-10-18-38-32(37)31(24)27)33-39-23-30(36)34-16-14-26(15-17-34)20-25-11-7-6-8-12-25/h3,5-9,11-13,19,22,26,35H,2,4,10,14-18,20-21,23H2,1H3/b5-3+,13-9+,33-28+. The van der Waals surface area contributed by atoms with E-state index in [1.54, 1.807) is 19.1 Å². The third kappa shape index (κ3) is 8.57. The zero-order valence-electron chi connectivity index (χ0n) is 22.7. The maximum Gasteiger partial charge on any atom is 0.338 e. The predicted octanol–water partition coefficient (Wildman–Crippen LogP) is 5.55. The number of carbonyl (C=O) groups excluding carboxylic acids is 2. The number of oxime groups is 1. The summed E-state index contributed by atoms with van der Waals surface area (Å²) in [6.45, 7) is 3.36. The van der Waals surface area contributed by atoms with Crippen molar-refractivity contribution in [3.05, 3.63) is 89.0 Å².